The molecule has 2 fully saturated rings. The Balaban J connectivity index is 1.27. The first-order chi connectivity index (χ1) is 12.7. The van der Waals surface area contributed by atoms with Crippen LogP contribution in [0.5, 0.6) is 5.75 Å². The van der Waals surface area contributed by atoms with Crippen molar-refractivity contribution < 1.29 is 9.53 Å². The number of likely N-dealkylation sites (tertiary alicyclic amines) is 1. The van der Waals surface area contributed by atoms with Crippen molar-refractivity contribution in [2.45, 2.75) is 32.4 Å². The zero-order valence-corrected chi connectivity index (χ0v) is 15.1. The topological polar surface area (TPSA) is 59.4 Å². The van der Waals surface area contributed by atoms with E-state index in [9.17, 15) is 4.79 Å². The van der Waals surface area contributed by atoms with Crippen molar-refractivity contribution in [1.29, 1.82) is 0 Å². The van der Waals surface area contributed by atoms with Crippen LogP contribution in [0.4, 0.5) is 0 Å². The molecule has 1 amide bonds. The maximum Gasteiger partial charge on any atom is 0.227 e. The van der Waals surface area contributed by atoms with Crippen molar-refractivity contribution in [3.63, 3.8) is 0 Å². The Morgan fingerprint density at radius 3 is 2.88 bits per heavy atom. The molecule has 2 aliphatic heterocycles. The van der Waals surface area contributed by atoms with Gasteiger partial charge in [0, 0.05) is 32.0 Å². The molecule has 4 rings (SSSR count). The summed E-state index contributed by atoms with van der Waals surface area (Å²) in [7, 11) is 0. The lowest BCUT2D eigenvalue weighted by Crippen LogP contribution is -2.47. The summed E-state index contributed by atoms with van der Waals surface area (Å²) >= 11 is 0. The molecule has 1 spiro atoms. The zero-order valence-electron chi connectivity index (χ0n) is 15.1. The summed E-state index contributed by atoms with van der Waals surface area (Å²) in [6.07, 6.45) is 8.61. The van der Waals surface area contributed by atoms with Gasteiger partial charge in [0.1, 0.15) is 12.4 Å². The number of hydrogen-bond donors (Lipinski definition) is 1. The van der Waals surface area contributed by atoms with E-state index in [1.54, 1.807) is 12.5 Å². The highest BCUT2D eigenvalue weighted by molar-refractivity contribution is 5.84. The molecule has 1 unspecified atom stereocenters. The minimum absolute atomic E-state index is 0.144. The fraction of sp³-hybridized carbons (Fsp3) is 0.500. The van der Waals surface area contributed by atoms with E-state index >= 15 is 0 Å². The van der Waals surface area contributed by atoms with E-state index in [-0.39, 0.29) is 11.3 Å². The van der Waals surface area contributed by atoms with Gasteiger partial charge in [0.05, 0.1) is 18.3 Å². The van der Waals surface area contributed by atoms with Crippen LogP contribution >= 0.6 is 0 Å². The third-order valence-electron chi connectivity index (χ3n) is 5.54. The highest BCUT2D eigenvalue weighted by atomic mass is 16.5. The number of benzene rings is 1. The van der Waals surface area contributed by atoms with E-state index in [4.69, 9.17) is 4.74 Å². The van der Waals surface area contributed by atoms with Gasteiger partial charge in [0.15, 0.2) is 0 Å². The monoisotopic (exact) mass is 354 g/mol. The molecule has 0 radical (unpaired) electrons. The third kappa shape index (κ3) is 3.75. The Morgan fingerprint density at radius 1 is 1.23 bits per heavy atom. The second-order valence-electron chi connectivity index (χ2n) is 7.39. The number of imidazole rings is 1. The number of nitrogens with one attached hydrogen (secondary N) is 1. The largest absolute Gasteiger partial charge is 0.492 e. The highest BCUT2D eigenvalue weighted by Gasteiger charge is 2.45. The van der Waals surface area contributed by atoms with Crippen LogP contribution in [-0.4, -0.2) is 46.6 Å². The third-order valence-corrected chi connectivity index (χ3v) is 5.54. The molecule has 0 bridgehead atoms. The second-order valence-corrected chi connectivity index (χ2v) is 7.39. The number of aromatic nitrogens is 2. The van der Waals surface area contributed by atoms with Gasteiger partial charge in [-0.15, -0.1) is 0 Å². The van der Waals surface area contributed by atoms with Gasteiger partial charge in [0.2, 0.25) is 5.91 Å². The predicted molar refractivity (Wildman–Crippen MR) is 98.7 cm³/mol. The number of piperidine rings is 1. The molecule has 138 valence electrons. The molecular formula is C20H26N4O2. The van der Waals surface area contributed by atoms with Crippen LogP contribution in [0.15, 0.2) is 43.0 Å². The molecule has 1 aromatic carbocycles. The smallest absolute Gasteiger partial charge is 0.227 e. The van der Waals surface area contributed by atoms with Gasteiger partial charge >= 0.3 is 0 Å². The van der Waals surface area contributed by atoms with Crippen molar-refractivity contribution in [1.82, 2.24) is 19.8 Å². The summed E-state index contributed by atoms with van der Waals surface area (Å²) in [4.78, 5) is 18.7. The summed E-state index contributed by atoms with van der Waals surface area (Å²) in [5.74, 6) is 1.14. The van der Waals surface area contributed by atoms with Crippen LogP contribution in [0, 0.1) is 5.41 Å². The van der Waals surface area contributed by atoms with Gasteiger partial charge < -0.3 is 14.6 Å². The average Bonchev–Trinajstić information content (AvgIpc) is 3.30. The van der Waals surface area contributed by atoms with Gasteiger partial charge in [-0.2, -0.15) is 0 Å². The van der Waals surface area contributed by atoms with Crippen molar-refractivity contribution in [2.75, 3.05) is 26.2 Å². The molecule has 2 saturated heterocycles. The molecule has 6 heteroatoms. The fourth-order valence-corrected chi connectivity index (χ4v) is 4.05. The van der Waals surface area contributed by atoms with Gasteiger partial charge in [-0.05, 0) is 43.5 Å². The van der Waals surface area contributed by atoms with Gasteiger partial charge in [0.25, 0.3) is 0 Å². The highest BCUT2D eigenvalue weighted by Crippen LogP contribution is 2.37. The minimum Gasteiger partial charge on any atom is -0.492 e. The minimum atomic E-state index is -0.144. The van der Waals surface area contributed by atoms with Crippen LogP contribution in [0.3, 0.4) is 0 Å². The van der Waals surface area contributed by atoms with Gasteiger partial charge in [-0.25, -0.2) is 4.98 Å². The summed E-state index contributed by atoms with van der Waals surface area (Å²) in [6, 6.07) is 8.31. The Morgan fingerprint density at radius 2 is 2.12 bits per heavy atom. The Bertz CT molecular complexity index is 729. The van der Waals surface area contributed by atoms with Crippen molar-refractivity contribution in [3.8, 4) is 5.75 Å². The maximum atomic E-state index is 12.3. The van der Waals surface area contributed by atoms with E-state index in [1.807, 2.05) is 22.9 Å². The normalized spacial score (nSPS) is 23.3. The zero-order chi connectivity index (χ0) is 17.8. The first-order valence-electron chi connectivity index (χ1n) is 9.42. The summed E-state index contributed by atoms with van der Waals surface area (Å²) in [5, 5.41) is 3.05. The molecular weight excluding hydrogens is 328 g/mol. The van der Waals surface area contributed by atoms with Gasteiger partial charge in [-0.1, -0.05) is 12.1 Å². The summed E-state index contributed by atoms with van der Waals surface area (Å²) < 4.78 is 7.79. The SMILES string of the molecule is O=C1NCCCC12CCN(Cc1ccc(OCCn3ccnc3)cc1)C2. The van der Waals surface area contributed by atoms with Crippen LogP contribution in [-0.2, 0) is 17.9 Å². The summed E-state index contributed by atoms with van der Waals surface area (Å²) in [5.41, 5.74) is 1.12. The molecule has 6 nitrogen and oxygen atoms in total. The molecule has 2 aromatic rings. The molecule has 0 aliphatic carbocycles. The van der Waals surface area contributed by atoms with Crippen molar-refractivity contribution in [3.05, 3.63) is 48.5 Å². The quantitative estimate of drug-likeness (QED) is 0.863. The molecule has 1 atom stereocenters. The standard InChI is InChI=1S/C20H26N4O2/c25-19-20(6-1-8-22-19)7-10-24(15-20)14-17-2-4-18(5-3-17)26-13-12-23-11-9-21-16-23/h2-5,9,11,16H,1,6-8,10,12-15H2,(H,22,25). The predicted octanol–water partition coefficient (Wildman–Crippen LogP) is 2.06. The molecule has 0 saturated carbocycles. The van der Waals surface area contributed by atoms with E-state index in [2.05, 4.69) is 27.3 Å². The molecule has 3 heterocycles. The van der Waals surface area contributed by atoms with E-state index in [0.29, 0.717) is 6.61 Å². The average molecular weight is 354 g/mol. The first kappa shape index (κ1) is 17.1. The number of carbonyl (C=O) groups is 1. The van der Waals surface area contributed by atoms with Gasteiger partial charge in [-0.3, -0.25) is 9.69 Å². The van der Waals surface area contributed by atoms with Crippen LogP contribution in [0.25, 0.3) is 0 Å². The number of hydrogen-bond acceptors (Lipinski definition) is 4. The van der Waals surface area contributed by atoms with Crippen LogP contribution in [0.1, 0.15) is 24.8 Å². The lowest BCUT2D eigenvalue weighted by Gasteiger charge is -2.32. The Hall–Kier alpha value is -2.34. The van der Waals surface area contributed by atoms with E-state index in [1.165, 1.54) is 5.56 Å². The number of nitrogens with zero attached hydrogens (tertiary/aromatic N) is 3. The lowest BCUT2D eigenvalue weighted by molar-refractivity contribution is -0.132. The fourth-order valence-electron chi connectivity index (χ4n) is 4.05. The Kier molecular flexibility index (Phi) is 4.93. The molecule has 2 aliphatic rings. The molecule has 1 N–H and O–H groups in total. The molecule has 1 aromatic heterocycles. The molecule has 26 heavy (non-hydrogen) atoms. The number of rotatable bonds is 6. The van der Waals surface area contributed by atoms with E-state index in [0.717, 1.165) is 57.7 Å². The summed E-state index contributed by atoms with van der Waals surface area (Å²) in [6.45, 7) is 5.02. The number of amides is 1. The number of carbonyl (C=O) groups excluding carboxylic acids is 1. The van der Waals surface area contributed by atoms with Crippen LogP contribution < -0.4 is 10.1 Å². The lowest BCUT2D eigenvalue weighted by atomic mass is 9.79. The maximum absolute atomic E-state index is 12.3. The van der Waals surface area contributed by atoms with E-state index < -0.39 is 0 Å². The first-order valence-corrected chi connectivity index (χ1v) is 9.42. The second kappa shape index (κ2) is 7.50. The van der Waals surface area contributed by atoms with Crippen LogP contribution in [0.2, 0.25) is 0 Å². The Labute approximate surface area is 154 Å². The van der Waals surface area contributed by atoms with Crippen molar-refractivity contribution in [2.24, 2.45) is 5.41 Å². The number of ether oxygens (including phenoxy) is 1. The van der Waals surface area contributed by atoms with Crippen molar-refractivity contribution >= 4 is 5.91 Å².